The third-order valence-electron chi connectivity index (χ3n) is 23.0. The lowest BCUT2D eigenvalue weighted by Crippen LogP contribution is -2.28. The molecule has 1 aliphatic carbocycles. The van der Waals surface area contributed by atoms with Gasteiger partial charge in [-0.3, -0.25) is 4.57 Å². The van der Waals surface area contributed by atoms with E-state index in [1.54, 1.807) is 0 Å². The van der Waals surface area contributed by atoms with Crippen molar-refractivity contribution in [1.82, 2.24) is 19.5 Å². The molecule has 2 heterocycles. The number of rotatable bonds is 27. The molecule has 0 radical (unpaired) electrons. The van der Waals surface area contributed by atoms with Crippen LogP contribution in [0.3, 0.4) is 0 Å². The third-order valence-corrected chi connectivity index (χ3v) is 23.0. The first-order chi connectivity index (χ1) is 54.4. The monoisotopic (exact) mass is 1420 g/mol. The van der Waals surface area contributed by atoms with E-state index in [9.17, 15) is 0 Å². The van der Waals surface area contributed by atoms with Crippen LogP contribution in [0.5, 0.6) is 0 Å². The van der Waals surface area contributed by atoms with E-state index in [1.165, 1.54) is 166 Å². The molecule has 0 amide bonds. The number of fused-ring (bicyclic) bond motifs is 6. The van der Waals surface area contributed by atoms with Crippen LogP contribution in [0.2, 0.25) is 0 Å². The van der Waals surface area contributed by atoms with Gasteiger partial charge in [0.15, 0.2) is 11.6 Å². The van der Waals surface area contributed by atoms with Gasteiger partial charge in [0.05, 0.1) is 16.4 Å². The van der Waals surface area contributed by atoms with E-state index in [2.05, 4.69) is 359 Å². The molecule has 538 valence electrons. The molecule has 16 aromatic rings. The average molecular weight is 1420 g/mol. The largest absolute Gasteiger partial charge is 0.278 e. The molecular weight excluding hydrogens is 1330 g/mol. The maximum atomic E-state index is 5.64. The van der Waals surface area contributed by atoms with Crippen LogP contribution in [0, 0.1) is 0 Å². The molecule has 14 aromatic carbocycles. The molecule has 0 bridgehead atoms. The van der Waals surface area contributed by atoms with Crippen LogP contribution in [0.1, 0.15) is 137 Å². The Morgan fingerprint density at radius 2 is 0.600 bits per heavy atom. The Morgan fingerprint density at radius 1 is 0.236 bits per heavy atom. The van der Waals surface area contributed by atoms with Crippen LogP contribution >= 0.6 is 0 Å². The molecule has 17 rings (SSSR count). The van der Waals surface area contributed by atoms with Gasteiger partial charge in [-0.15, -0.1) is 0 Å². The van der Waals surface area contributed by atoms with Crippen molar-refractivity contribution in [2.24, 2.45) is 0 Å². The smallest absolute Gasteiger partial charge is 0.238 e. The molecule has 0 N–H and O–H groups in total. The van der Waals surface area contributed by atoms with E-state index in [0.29, 0.717) is 17.6 Å². The van der Waals surface area contributed by atoms with Crippen LogP contribution in [0.4, 0.5) is 0 Å². The fourth-order valence-electron chi connectivity index (χ4n) is 17.1. The Hall–Kier alpha value is -12.1. The molecule has 1 atom stereocenters. The maximum Gasteiger partial charge on any atom is 0.238 e. The van der Waals surface area contributed by atoms with Crippen molar-refractivity contribution in [2.75, 3.05) is 0 Å². The molecule has 0 saturated carbocycles. The predicted molar refractivity (Wildman–Crippen MR) is 464 cm³/mol. The van der Waals surface area contributed by atoms with E-state index in [-0.39, 0.29) is 0 Å². The minimum absolute atomic E-state index is 0.543. The minimum Gasteiger partial charge on any atom is -0.278 e. The second-order valence-electron chi connectivity index (χ2n) is 30.3. The second kappa shape index (κ2) is 32.4. The van der Waals surface area contributed by atoms with E-state index >= 15 is 0 Å². The molecule has 4 heteroatoms. The minimum atomic E-state index is -0.768. The summed E-state index contributed by atoms with van der Waals surface area (Å²) in [4.78, 5) is 16.7. The molecule has 1 aliphatic rings. The predicted octanol–water partition coefficient (Wildman–Crippen LogP) is 28.7. The zero-order valence-electron chi connectivity index (χ0n) is 63.6. The normalized spacial score (nSPS) is 13.1. The quantitative estimate of drug-likeness (QED) is 0.0482. The lowest BCUT2D eigenvalue weighted by molar-refractivity contribution is 0.667. The van der Waals surface area contributed by atoms with Gasteiger partial charge in [-0.2, -0.15) is 9.97 Å². The van der Waals surface area contributed by atoms with Crippen LogP contribution in [-0.4, -0.2) is 19.5 Å². The summed E-state index contributed by atoms with van der Waals surface area (Å²) < 4.78 is 2.33. The van der Waals surface area contributed by atoms with Crippen LogP contribution in [-0.2, 0) is 24.7 Å². The summed E-state index contributed by atoms with van der Waals surface area (Å²) in [6.07, 6.45) is 18.4. The van der Waals surface area contributed by atoms with Crippen molar-refractivity contribution in [2.45, 2.75) is 122 Å². The molecule has 0 fully saturated rings. The van der Waals surface area contributed by atoms with Crippen LogP contribution in [0.25, 0.3) is 140 Å². The van der Waals surface area contributed by atoms with Gasteiger partial charge in [-0.25, -0.2) is 4.98 Å². The first-order valence-electron chi connectivity index (χ1n) is 40.4. The summed E-state index contributed by atoms with van der Waals surface area (Å²) in [6, 6.07) is 125. The Bertz CT molecular complexity index is 5680. The lowest BCUT2D eigenvalue weighted by atomic mass is 9.67. The van der Waals surface area contributed by atoms with E-state index < -0.39 is 5.41 Å². The number of benzene rings is 14. The summed E-state index contributed by atoms with van der Waals surface area (Å²) in [5, 5.41) is 2.25. The molecule has 2 aromatic heterocycles. The van der Waals surface area contributed by atoms with E-state index in [4.69, 9.17) is 15.0 Å². The van der Waals surface area contributed by atoms with Crippen molar-refractivity contribution < 1.29 is 0 Å². The topological polar surface area (TPSA) is 43.6 Å². The van der Waals surface area contributed by atoms with Crippen molar-refractivity contribution in [3.05, 3.63) is 373 Å². The summed E-state index contributed by atoms with van der Waals surface area (Å²) in [5.74, 6) is 1.73. The standard InChI is InChI=1S/C106H94N4/c1-4-7-10-16-29-74-44-50-81(51-45-74)89-64-65-101-97(71-89)98-72-96-95-42-25-26-43-99(95)106(93-39-23-15-24-40-93,100(96)73-102(98)110(101)105-108-103(84-60-56-79(57-61-84)77-32-19-13-20-33-77)107-104(109-105)85-62-58-80(59-63-85)78-34-21-14-22-35-78)94-41-28-38-88(70-94)86-36-27-37-87(66-86)92-68-90(82-52-46-75(47-53-82)30-17-11-8-5-2)67-91(69-92)83-54-48-76(49-55-83)31-18-12-9-6-3/h13-15,19-28,32-73H,4-12,16-18,29-31H2,1-3H3. The third kappa shape index (κ3) is 14.5. The first-order valence-corrected chi connectivity index (χ1v) is 40.4. The van der Waals surface area contributed by atoms with Crippen LogP contribution in [0.15, 0.2) is 334 Å². The molecule has 0 saturated heterocycles. The van der Waals surface area contributed by atoms with Gasteiger partial charge in [0, 0.05) is 21.9 Å². The molecule has 1 unspecified atom stereocenters. The number of hydrogen-bond donors (Lipinski definition) is 0. The summed E-state index contributed by atoms with van der Waals surface area (Å²) >= 11 is 0. The van der Waals surface area contributed by atoms with Gasteiger partial charge in [0.1, 0.15) is 0 Å². The zero-order valence-corrected chi connectivity index (χ0v) is 63.6. The van der Waals surface area contributed by atoms with Crippen molar-refractivity contribution in [1.29, 1.82) is 0 Å². The number of hydrogen-bond acceptors (Lipinski definition) is 3. The Labute approximate surface area is 650 Å². The number of aromatic nitrogens is 4. The molecular formula is C106H94N4. The highest BCUT2D eigenvalue weighted by Crippen LogP contribution is 2.58. The van der Waals surface area contributed by atoms with Gasteiger partial charge in [0.2, 0.25) is 5.95 Å². The Kier molecular flexibility index (Phi) is 20.9. The van der Waals surface area contributed by atoms with Crippen molar-refractivity contribution >= 4 is 21.8 Å². The van der Waals surface area contributed by atoms with Gasteiger partial charge in [-0.1, -0.05) is 358 Å². The van der Waals surface area contributed by atoms with E-state index in [1.807, 2.05) is 0 Å². The summed E-state index contributed by atoms with van der Waals surface area (Å²) in [5.41, 5.74) is 31.0. The average Bonchev–Trinajstić information content (AvgIpc) is 1.52. The molecule has 110 heavy (non-hydrogen) atoms. The van der Waals surface area contributed by atoms with Crippen molar-refractivity contribution in [3.8, 4) is 118 Å². The number of unbranched alkanes of at least 4 members (excludes halogenated alkanes) is 9. The zero-order chi connectivity index (χ0) is 74.2. The highest BCUT2D eigenvalue weighted by Gasteiger charge is 2.47. The SMILES string of the molecule is CCCCCCc1ccc(-c2cc(-c3ccc(CCCCCC)cc3)cc(-c3cccc(-c4cccc(C5(c6ccccc6)c6ccccc6-c6cc7c8cc(-c9ccc(CCCCCC)cc9)ccc8n(-c8nc(-c9ccc(-c%10ccccc%10)cc9)nc(-c9ccc(-c%10ccccc%10)cc9)n8)c7cc65)c4)c3)c2)cc1. The molecule has 0 spiro atoms. The molecule has 0 aliphatic heterocycles. The summed E-state index contributed by atoms with van der Waals surface area (Å²) in [7, 11) is 0. The second-order valence-corrected chi connectivity index (χ2v) is 30.3. The van der Waals surface area contributed by atoms with E-state index in [0.717, 1.165) is 91.1 Å². The van der Waals surface area contributed by atoms with Crippen molar-refractivity contribution in [3.63, 3.8) is 0 Å². The number of aryl methyl sites for hydroxylation is 3. The fraction of sp³-hybridized carbons (Fsp3) is 0.179. The van der Waals surface area contributed by atoms with Gasteiger partial charge < -0.3 is 0 Å². The summed E-state index contributed by atoms with van der Waals surface area (Å²) in [6.45, 7) is 6.86. The van der Waals surface area contributed by atoms with Gasteiger partial charge in [0.25, 0.3) is 0 Å². The van der Waals surface area contributed by atoms with Gasteiger partial charge >= 0.3 is 0 Å². The van der Waals surface area contributed by atoms with Gasteiger partial charge in [-0.05, 0) is 221 Å². The Morgan fingerprint density at radius 3 is 1.12 bits per heavy atom. The fourth-order valence-corrected chi connectivity index (χ4v) is 17.1. The first kappa shape index (κ1) is 70.8. The highest BCUT2D eigenvalue weighted by atomic mass is 15.2. The maximum absolute atomic E-state index is 5.64. The number of nitrogens with zero attached hydrogens (tertiary/aromatic N) is 4. The Balaban J connectivity index is 0.831. The highest BCUT2D eigenvalue weighted by molar-refractivity contribution is 6.13. The van der Waals surface area contributed by atoms with Crippen LogP contribution < -0.4 is 0 Å². The lowest BCUT2D eigenvalue weighted by Gasteiger charge is -2.34. The molecule has 4 nitrogen and oxygen atoms in total.